The molecule has 0 atom stereocenters. The summed E-state index contributed by atoms with van der Waals surface area (Å²) in [5, 5.41) is 0. The summed E-state index contributed by atoms with van der Waals surface area (Å²) < 4.78 is 5.58. The van der Waals surface area contributed by atoms with E-state index in [9.17, 15) is 0 Å². The normalized spacial score (nSPS) is 43.9. The Morgan fingerprint density at radius 3 is 1.45 bits per heavy atom. The predicted molar refractivity (Wildman–Crippen MR) is 120 cm³/mol. The van der Waals surface area contributed by atoms with E-state index in [0.29, 0.717) is 0 Å². The van der Waals surface area contributed by atoms with Crippen molar-refractivity contribution >= 4 is 0 Å². The molecule has 0 aromatic heterocycles. The fourth-order valence-electron chi connectivity index (χ4n) is 7.51. The van der Waals surface area contributed by atoms with Crippen LogP contribution in [0.5, 0.6) is 0 Å². The topological polar surface area (TPSA) is 0 Å². The highest BCUT2D eigenvalue weighted by atomic mass is 15.5. The van der Waals surface area contributed by atoms with Crippen molar-refractivity contribution in [1.82, 2.24) is 0 Å². The van der Waals surface area contributed by atoms with Crippen molar-refractivity contribution in [2.45, 2.75) is 46.2 Å². The molecule has 0 unspecified atom stereocenters. The summed E-state index contributed by atoms with van der Waals surface area (Å²) in [5.74, 6) is 0. The Bertz CT molecular complexity index is 667. The average Bonchev–Trinajstić information content (AvgIpc) is 3.16. The first-order valence-electron chi connectivity index (χ1n) is 12.6. The van der Waals surface area contributed by atoms with E-state index in [4.69, 9.17) is 0 Å². The molecule has 7 aliphatic rings. The Hall–Kier alpha value is -0.680. The van der Waals surface area contributed by atoms with Gasteiger partial charge in [0.25, 0.3) is 0 Å². The molecule has 1 aliphatic carbocycles. The summed E-state index contributed by atoms with van der Waals surface area (Å²) in [7, 11) is 0. The van der Waals surface area contributed by atoms with Gasteiger partial charge < -0.3 is 17.9 Å². The number of allylic oxidation sites excluding steroid dienone is 1. The van der Waals surface area contributed by atoms with Crippen molar-refractivity contribution in [1.29, 1.82) is 0 Å². The highest BCUT2D eigenvalue weighted by Crippen LogP contribution is 2.34. The number of rotatable bonds is 6. The van der Waals surface area contributed by atoms with Gasteiger partial charge >= 0.3 is 0 Å². The molecule has 0 radical (unpaired) electrons. The first-order chi connectivity index (χ1) is 13.8. The SMILES string of the molecule is CC(C)[N+]12CC[N+](CC3=CCC(C[N+]45CC[N+](C(C)C)(CC4)CC5)=C3)(CC1)CC2. The summed E-state index contributed by atoms with van der Waals surface area (Å²) >= 11 is 0. The first kappa shape index (κ1) is 20.2. The van der Waals surface area contributed by atoms with Crippen LogP contribution >= 0.6 is 0 Å². The Balaban J connectivity index is 1.19. The van der Waals surface area contributed by atoms with Crippen LogP contribution in [0.3, 0.4) is 0 Å². The number of nitrogens with zero attached hydrogens (tertiary/aromatic N) is 4. The predicted octanol–water partition coefficient (Wildman–Crippen LogP) is 2.38. The van der Waals surface area contributed by atoms with Gasteiger partial charge in [0.2, 0.25) is 0 Å². The van der Waals surface area contributed by atoms with Gasteiger partial charge in [-0.15, -0.1) is 0 Å². The first-order valence-corrected chi connectivity index (χ1v) is 12.6. The lowest BCUT2D eigenvalue weighted by Crippen LogP contribution is -2.76. The molecule has 162 valence electrons. The fourth-order valence-corrected chi connectivity index (χ4v) is 7.51. The lowest BCUT2D eigenvalue weighted by Gasteiger charge is -2.57. The van der Waals surface area contributed by atoms with E-state index in [-0.39, 0.29) is 0 Å². The average molecular weight is 403 g/mol. The molecule has 0 amide bonds. The lowest BCUT2D eigenvalue weighted by atomic mass is 10.0. The summed E-state index contributed by atoms with van der Waals surface area (Å²) in [6, 6.07) is 1.62. The van der Waals surface area contributed by atoms with Crippen molar-refractivity contribution in [3.8, 4) is 0 Å². The van der Waals surface area contributed by atoms with Crippen molar-refractivity contribution < 1.29 is 17.9 Å². The van der Waals surface area contributed by atoms with Crippen LogP contribution in [-0.2, 0) is 0 Å². The zero-order valence-corrected chi connectivity index (χ0v) is 19.7. The minimum atomic E-state index is 0.811. The van der Waals surface area contributed by atoms with Crippen molar-refractivity contribution in [2.24, 2.45) is 0 Å². The highest BCUT2D eigenvalue weighted by Gasteiger charge is 2.52. The van der Waals surface area contributed by atoms with Crippen LogP contribution in [0.25, 0.3) is 0 Å². The smallest absolute Gasteiger partial charge is 0.129 e. The second-order valence-corrected chi connectivity index (χ2v) is 12.1. The van der Waals surface area contributed by atoms with E-state index in [1.807, 2.05) is 0 Å². The van der Waals surface area contributed by atoms with E-state index in [1.165, 1.54) is 116 Å². The van der Waals surface area contributed by atoms with Gasteiger partial charge in [0.15, 0.2) is 0 Å². The molecule has 4 bridgehead atoms. The highest BCUT2D eigenvalue weighted by molar-refractivity contribution is 5.33. The maximum atomic E-state index is 2.64. The summed E-state index contributed by atoms with van der Waals surface area (Å²) in [5.41, 5.74) is 3.41. The zero-order valence-electron chi connectivity index (χ0n) is 19.7. The number of quaternary nitrogens is 4. The van der Waals surface area contributed by atoms with Crippen molar-refractivity contribution in [2.75, 3.05) is 91.6 Å². The van der Waals surface area contributed by atoms with Gasteiger partial charge in [0.1, 0.15) is 91.6 Å². The lowest BCUT2D eigenvalue weighted by molar-refractivity contribution is -1.09. The second-order valence-electron chi connectivity index (χ2n) is 12.1. The third-order valence-electron chi connectivity index (χ3n) is 10.4. The standard InChI is InChI=1S/C25H46N4/c1-22(2)28-13-7-26(8-14-28,9-15-28)20-24-5-6-25(19-24)21-27-10-16-29(17-11-27,18-12-27)23(3)4/h5,19,22-23H,6-18,20-21H2,1-4H3/q+4. The largest absolute Gasteiger partial charge is 0.308 e. The van der Waals surface area contributed by atoms with Crippen LogP contribution in [-0.4, -0.2) is 122 Å². The maximum Gasteiger partial charge on any atom is 0.129 e. The van der Waals surface area contributed by atoms with Crippen LogP contribution in [0.15, 0.2) is 23.3 Å². The molecule has 6 aliphatic heterocycles. The molecule has 4 nitrogen and oxygen atoms in total. The Morgan fingerprint density at radius 2 is 1.03 bits per heavy atom. The summed E-state index contributed by atoms with van der Waals surface area (Å²) in [4.78, 5) is 0. The molecular weight excluding hydrogens is 356 g/mol. The van der Waals surface area contributed by atoms with Crippen molar-refractivity contribution in [3.05, 3.63) is 23.3 Å². The van der Waals surface area contributed by atoms with Crippen LogP contribution in [0.2, 0.25) is 0 Å². The Kier molecular flexibility index (Phi) is 4.82. The Labute approximate surface area is 179 Å². The van der Waals surface area contributed by atoms with Crippen LogP contribution in [0.1, 0.15) is 34.1 Å². The van der Waals surface area contributed by atoms with Crippen LogP contribution in [0.4, 0.5) is 0 Å². The molecule has 29 heavy (non-hydrogen) atoms. The molecule has 4 heteroatoms. The molecule has 0 aromatic rings. The molecule has 7 rings (SSSR count). The second kappa shape index (κ2) is 6.91. The van der Waals surface area contributed by atoms with E-state index >= 15 is 0 Å². The minimum absolute atomic E-state index is 0.811. The maximum absolute atomic E-state index is 2.64. The van der Waals surface area contributed by atoms with E-state index in [1.54, 1.807) is 11.1 Å². The van der Waals surface area contributed by atoms with Gasteiger partial charge in [-0.2, -0.15) is 0 Å². The van der Waals surface area contributed by atoms with Gasteiger partial charge in [0, 0.05) is 5.57 Å². The molecule has 6 fully saturated rings. The fraction of sp³-hybridized carbons (Fsp3) is 0.840. The zero-order chi connectivity index (χ0) is 20.3. The van der Waals surface area contributed by atoms with E-state index in [2.05, 4.69) is 39.8 Å². The molecule has 0 spiro atoms. The number of hydrogen-bond donors (Lipinski definition) is 0. The number of hydrogen-bond acceptors (Lipinski definition) is 0. The van der Waals surface area contributed by atoms with Gasteiger partial charge in [-0.05, 0) is 45.8 Å². The minimum Gasteiger partial charge on any atom is -0.308 e. The molecule has 0 N–H and O–H groups in total. The monoisotopic (exact) mass is 402 g/mol. The van der Waals surface area contributed by atoms with E-state index < -0.39 is 0 Å². The molecular formula is C25H46N4+4. The summed E-state index contributed by atoms with van der Waals surface area (Å²) in [6.45, 7) is 29.4. The molecule has 0 aromatic carbocycles. The number of fused-ring (bicyclic) bond motifs is 6. The van der Waals surface area contributed by atoms with Crippen LogP contribution in [0, 0.1) is 0 Å². The van der Waals surface area contributed by atoms with E-state index in [0.717, 1.165) is 12.1 Å². The van der Waals surface area contributed by atoms with Gasteiger partial charge in [-0.3, -0.25) is 0 Å². The molecule has 6 saturated heterocycles. The van der Waals surface area contributed by atoms with Gasteiger partial charge in [-0.25, -0.2) is 0 Å². The molecule has 6 heterocycles. The molecule has 0 saturated carbocycles. The van der Waals surface area contributed by atoms with Gasteiger partial charge in [-0.1, -0.05) is 6.08 Å². The Morgan fingerprint density at radius 1 is 0.621 bits per heavy atom. The third kappa shape index (κ3) is 3.35. The van der Waals surface area contributed by atoms with Crippen molar-refractivity contribution in [3.63, 3.8) is 0 Å². The summed E-state index contributed by atoms with van der Waals surface area (Å²) in [6.07, 6.45) is 6.48. The number of piperazine rings is 6. The van der Waals surface area contributed by atoms with Crippen LogP contribution < -0.4 is 0 Å². The van der Waals surface area contributed by atoms with Gasteiger partial charge in [0.05, 0.1) is 12.1 Å². The third-order valence-corrected chi connectivity index (χ3v) is 10.4. The quantitative estimate of drug-likeness (QED) is 0.599.